The predicted molar refractivity (Wildman–Crippen MR) is 177 cm³/mol. The molecule has 0 unspecified atom stereocenters. The van der Waals surface area contributed by atoms with Gasteiger partial charge in [0.1, 0.15) is 0 Å². The summed E-state index contributed by atoms with van der Waals surface area (Å²) in [6, 6.07) is 0. The van der Waals surface area contributed by atoms with Gasteiger partial charge in [0.15, 0.2) is 0 Å². The number of hydrogen-bond acceptors (Lipinski definition) is 3. The Balaban J connectivity index is 2.45. The minimum absolute atomic E-state index is 0.958. The maximum atomic E-state index is 3.56. The molecule has 1 aliphatic heterocycles. The molecule has 0 aliphatic carbocycles. The number of unbranched alkanes of at least 4 members (excludes halogenated alkanes) is 18. The van der Waals surface area contributed by atoms with Crippen LogP contribution >= 0.6 is 0 Å². The second kappa shape index (κ2) is 29.4. The standard InChI is InChI=1S/C36H75N3/c1-4-7-10-13-16-19-22-30-38(31-23-20-17-14-11-8-5-2)34-35-39(32-24-21-18-15-12-9-6-3)33-27-36-25-28-37-29-26-36/h36-37H,4-35H2,1-3H3. The van der Waals surface area contributed by atoms with E-state index in [4.69, 9.17) is 0 Å². The van der Waals surface area contributed by atoms with Crippen molar-refractivity contribution in [3.8, 4) is 0 Å². The van der Waals surface area contributed by atoms with E-state index in [1.807, 2.05) is 0 Å². The molecule has 39 heavy (non-hydrogen) atoms. The smallest absolute Gasteiger partial charge is 0.0109 e. The van der Waals surface area contributed by atoms with Crippen molar-refractivity contribution < 1.29 is 0 Å². The Bertz CT molecular complexity index is 444. The zero-order valence-corrected chi connectivity index (χ0v) is 27.6. The molecule has 0 atom stereocenters. The largest absolute Gasteiger partial charge is 0.317 e. The van der Waals surface area contributed by atoms with E-state index in [1.165, 1.54) is 206 Å². The summed E-state index contributed by atoms with van der Waals surface area (Å²) in [4.78, 5) is 5.73. The summed E-state index contributed by atoms with van der Waals surface area (Å²) in [5.74, 6) is 0.958. The molecule has 1 fully saturated rings. The zero-order chi connectivity index (χ0) is 28.1. The summed E-state index contributed by atoms with van der Waals surface area (Å²) in [6.45, 7) is 17.4. The molecular weight excluding hydrogens is 474 g/mol. The van der Waals surface area contributed by atoms with E-state index in [0.29, 0.717) is 0 Å². The van der Waals surface area contributed by atoms with Crippen LogP contribution in [0.2, 0.25) is 0 Å². The van der Waals surface area contributed by atoms with Crippen molar-refractivity contribution in [1.29, 1.82) is 0 Å². The van der Waals surface area contributed by atoms with Crippen LogP contribution in [0.5, 0.6) is 0 Å². The van der Waals surface area contributed by atoms with E-state index in [2.05, 4.69) is 35.9 Å². The lowest BCUT2D eigenvalue weighted by molar-refractivity contribution is 0.182. The Morgan fingerprint density at radius 2 is 0.744 bits per heavy atom. The van der Waals surface area contributed by atoms with Crippen molar-refractivity contribution in [2.24, 2.45) is 5.92 Å². The summed E-state index contributed by atoms with van der Waals surface area (Å²) < 4.78 is 0. The molecule has 1 saturated heterocycles. The number of hydrogen-bond donors (Lipinski definition) is 1. The fraction of sp³-hybridized carbons (Fsp3) is 1.00. The molecule has 3 heteroatoms. The van der Waals surface area contributed by atoms with Crippen molar-refractivity contribution in [3.05, 3.63) is 0 Å². The van der Waals surface area contributed by atoms with Crippen LogP contribution < -0.4 is 5.32 Å². The fourth-order valence-electron chi connectivity index (χ4n) is 6.37. The highest BCUT2D eigenvalue weighted by atomic mass is 15.2. The average molecular weight is 550 g/mol. The molecule has 1 rings (SSSR count). The van der Waals surface area contributed by atoms with Gasteiger partial charge in [0, 0.05) is 13.1 Å². The quantitative estimate of drug-likeness (QED) is 0.0899. The van der Waals surface area contributed by atoms with Gasteiger partial charge >= 0.3 is 0 Å². The van der Waals surface area contributed by atoms with Gasteiger partial charge in [0.2, 0.25) is 0 Å². The first-order chi connectivity index (χ1) is 19.3. The van der Waals surface area contributed by atoms with Crippen LogP contribution in [0, 0.1) is 5.92 Å². The van der Waals surface area contributed by atoms with Gasteiger partial charge in [-0.25, -0.2) is 0 Å². The Kier molecular flexibility index (Phi) is 27.8. The lowest BCUT2D eigenvalue weighted by Crippen LogP contribution is -2.38. The van der Waals surface area contributed by atoms with Crippen LogP contribution in [0.15, 0.2) is 0 Å². The molecular formula is C36H75N3. The third kappa shape index (κ3) is 24.2. The predicted octanol–water partition coefficient (Wildman–Crippen LogP) is 10.2. The van der Waals surface area contributed by atoms with E-state index in [9.17, 15) is 0 Å². The van der Waals surface area contributed by atoms with Crippen LogP contribution in [0.1, 0.15) is 175 Å². The molecule has 1 heterocycles. The minimum atomic E-state index is 0.958. The number of rotatable bonds is 30. The minimum Gasteiger partial charge on any atom is -0.317 e. The molecule has 3 nitrogen and oxygen atoms in total. The zero-order valence-electron chi connectivity index (χ0n) is 27.6. The second-order valence-corrected chi connectivity index (χ2v) is 13.0. The summed E-state index contributed by atoms with van der Waals surface area (Å²) in [6.07, 6.45) is 34.2. The Morgan fingerprint density at radius 3 is 1.13 bits per heavy atom. The summed E-state index contributed by atoms with van der Waals surface area (Å²) >= 11 is 0. The van der Waals surface area contributed by atoms with E-state index >= 15 is 0 Å². The molecule has 0 aromatic heterocycles. The van der Waals surface area contributed by atoms with Gasteiger partial charge in [-0.05, 0) is 83.7 Å². The van der Waals surface area contributed by atoms with Crippen LogP contribution in [-0.4, -0.2) is 62.2 Å². The third-order valence-electron chi connectivity index (χ3n) is 9.28. The van der Waals surface area contributed by atoms with Gasteiger partial charge in [-0.15, -0.1) is 0 Å². The van der Waals surface area contributed by atoms with E-state index in [1.54, 1.807) is 0 Å². The number of nitrogens with one attached hydrogen (secondary N) is 1. The first kappa shape index (κ1) is 36.9. The van der Waals surface area contributed by atoms with Crippen LogP contribution in [-0.2, 0) is 0 Å². The molecule has 0 aromatic carbocycles. The average Bonchev–Trinajstić information content (AvgIpc) is 2.96. The van der Waals surface area contributed by atoms with Crippen molar-refractivity contribution in [2.45, 2.75) is 175 Å². The first-order valence-corrected chi connectivity index (χ1v) is 18.5. The summed E-state index contributed by atoms with van der Waals surface area (Å²) in [7, 11) is 0. The van der Waals surface area contributed by atoms with E-state index in [-0.39, 0.29) is 0 Å². The SMILES string of the molecule is CCCCCCCCCN(CCCCCCCCC)CCN(CCCCCCCCC)CCC1CCNCC1. The Labute approximate surface area is 248 Å². The van der Waals surface area contributed by atoms with Crippen molar-refractivity contribution in [1.82, 2.24) is 15.1 Å². The number of piperidine rings is 1. The summed E-state index contributed by atoms with van der Waals surface area (Å²) in [5.41, 5.74) is 0. The van der Waals surface area contributed by atoms with Crippen molar-refractivity contribution in [2.75, 3.05) is 52.4 Å². The molecule has 0 aromatic rings. The van der Waals surface area contributed by atoms with Gasteiger partial charge < -0.3 is 15.1 Å². The van der Waals surface area contributed by atoms with Crippen molar-refractivity contribution >= 4 is 0 Å². The van der Waals surface area contributed by atoms with Crippen molar-refractivity contribution in [3.63, 3.8) is 0 Å². The molecule has 0 amide bonds. The highest BCUT2D eigenvalue weighted by molar-refractivity contribution is 4.72. The lowest BCUT2D eigenvalue weighted by Gasteiger charge is -2.30. The van der Waals surface area contributed by atoms with Gasteiger partial charge in [0.05, 0.1) is 0 Å². The van der Waals surface area contributed by atoms with E-state index < -0.39 is 0 Å². The maximum Gasteiger partial charge on any atom is 0.0109 e. The van der Waals surface area contributed by atoms with Gasteiger partial charge in [-0.3, -0.25) is 0 Å². The molecule has 1 N–H and O–H groups in total. The first-order valence-electron chi connectivity index (χ1n) is 18.5. The fourth-order valence-corrected chi connectivity index (χ4v) is 6.37. The molecule has 0 bridgehead atoms. The molecule has 0 spiro atoms. The van der Waals surface area contributed by atoms with E-state index in [0.717, 1.165) is 5.92 Å². The second-order valence-electron chi connectivity index (χ2n) is 13.0. The normalized spacial score (nSPS) is 14.7. The lowest BCUT2D eigenvalue weighted by atomic mass is 9.94. The van der Waals surface area contributed by atoms with Crippen LogP contribution in [0.4, 0.5) is 0 Å². The van der Waals surface area contributed by atoms with Gasteiger partial charge in [-0.1, -0.05) is 136 Å². The molecule has 234 valence electrons. The van der Waals surface area contributed by atoms with Gasteiger partial charge in [0.25, 0.3) is 0 Å². The molecule has 0 radical (unpaired) electrons. The monoisotopic (exact) mass is 550 g/mol. The topological polar surface area (TPSA) is 18.5 Å². The molecule has 0 saturated carbocycles. The van der Waals surface area contributed by atoms with Crippen LogP contribution in [0.3, 0.4) is 0 Å². The number of nitrogens with zero attached hydrogens (tertiary/aromatic N) is 2. The van der Waals surface area contributed by atoms with Crippen LogP contribution in [0.25, 0.3) is 0 Å². The Morgan fingerprint density at radius 1 is 0.410 bits per heavy atom. The van der Waals surface area contributed by atoms with Gasteiger partial charge in [-0.2, -0.15) is 0 Å². The highest BCUT2D eigenvalue weighted by Gasteiger charge is 2.16. The highest BCUT2D eigenvalue weighted by Crippen LogP contribution is 2.17. The Hall–Kier alpha value is -0.120. The summed E-state index contributed by atoms with van der Waals surface area (Å²) in [5, 5.41) is 3.56. The molecule has 1 aliphatic rings. The third-order valence-corrected chi connectivity index (χ3v) is 9.28. The maximum absolute atomic E-state index is 3.56.